The Hall–Kier alpha value is -2.75. The third kappa shape index (κ3) is 5.16. The highest BCUT2D eigenvalue weighted by Crippen LogP contribution is 2.24. The molecule has 0 unspecified atom stereocenters. The molecule has 0 spiro atoms. The lowest BCUT2D eigenvalue weighted by molar-refractivity contribution is -0.111. The Morgan fingerprint density at radius 2 is 1.71 bits per heavy atom. The van der Waals surface area contributed by atoms with Crippen LogP contribution in [0.5, 0.6) is 11.5 Å². The molecule has 0 aromatic heterocycles. The molecule has 0 saturated carbocycles. The minimum absolute atomic E-state index is 0.215. The van der Waals surface area contributed by atoms with E-state index in [0.29, 0.717) is 24.7 Å². The number of anilines is 1. The van der Waals surface area contributed by atoms with E-state index in [1.807, 2.05) is 55.5 Å². The number of amides is 1. The Kier molecular flexibility index (Phi) is 6.90. The maximum absolute atomic E-state index is 12.2. The van der Waals surface area contributed by atoms with Crippen LogP contribution in [0.4, 0.5) is 5.69 Å². The molecule has 4 nitrogen and oxygen atoms in total. The maximum atomic E-state index is 12.2. The van der Waals surface area contributed by atoms with Gasteiger partial charge in [-0.1, -0.05) is 37.3 Å². The topological polar surface area (TPSA) is 47.6 Å². The summed E-state index contributed by atoms with van der Waals surface area (Å²) >= 11 is 0. The van der Waals surface area contributed by atoms with Crippen LogP contribution in [-0.2, 0) is 4.79 Å². The van der Waals surface area contributed by atoms with E-state index in [2.05, 4.69) is 12.2 Å². The van der Waals surface area contributed by atoms with Crippen molar-refractivity contribution in [1.82, 2.24) is 0 Å². The molecule has 4 heteroatoms. The fraction of sp³-hybridized carbons (Fsp3) is 0.250. The van der Waals surface area contributed by atoms with Crippen LogP contribution in [0.1, 0.15) is 25.8 Å². The number of ether oxygens (including phenoxy) is 2. The number of carbonyl (C=O) groups is 1. The van der Waals surface area contributed by atoms with Gasteiger partial charge < -0.3 is 14.8 Å². The number of para-hydroxylation sites is 3. The van der Waals surface area contributed by atoms with E-state index in [1.165, 1.54) is 6.08 Å². The fourth-order valence-electron chi connectivity index (χ4n) is 2.15. The van der Waals surface area contributed by atoms with Gasteiger partial charge in [0.05, 0.1) is 18.9 Å². The van der Waals surface area contributed by atoms with Crippen LogP contribution in [0.15, 0.2) is 54.6 Å². The molecule has 0 radical (unpaired) electrons. The van der Waals surface area contributed by atoms with Crippen molar-refractivity contribution in [3.05, 3.63) is 60.2 Å². The second-order valence-corrected chi connectivity index (χ2v) is 5.14. The Labute approximate surface area is 143 Å². The summed E-state index contributed by atoms with van der Waals surface area (Å²) in [6.07, 6.45) is 4.19. The van der Waals surface area contributed by atoms with Crippen LogP contribution in [0.25, 0.3) is 6.08 Å². The lowest BCUT2D eigenvalue weighted by Gasteiger charge is -2.10. The van der Waals surface area contributed by atoms with Crippen LogP contribution < -0.4 is 14.8 Å². The number of benzene rings is 2. The molecule has 2 rings (SSSR count). The largest absolute Gasteiger partial charge is 0.493 e. The van der Waals surface area contributed by atoms with Gasteiger partial charge in [0, 0.05) is 11.6 Å². The van der Waals surface area contributed by atoms with Crippen molar-refractivity contribution in [2.24, 2.45) is 0 Å². The predicted molar refractivity (Wildman–Crippen MR) is 97.5 cm³/mol. The minimum atomic E-state index is -0.215. The SMILES string of the molecule is CCCOc1ccccc1/C=C/C(=O)Nc1ccccc1OCC. The smallest absolute Gasteiger partial charge is 0.248 e. The number of hydrogen-bond acceptors (Lipinski definition) is 3. The van der Waals surface area contributed by atoms with Gasteiger partial charge in [0.15, 0.2) is 0 Å². The van der Waals surface area contributed by atoms with Crippen LogP contribution >= 0.6 is 0 Å². The van der Waals surface area contributed by atoms with E-state index in [4.69, 9.17) is 9.47 Å². The molecule has 1 N–H and O–H groups in total. The molecule has 2 aromatic carbocycles. The molecule has 0 aliphatic heterocycles. The fourth-order valence-corrected chi connectivity index (χ4v) is 2.15. The summed E-state index contributed by atoms with van der Waals surface area (Å²) in [5, 5.41) is 2.84. The van der Waals surface area contributed by atoms with Crippen molar-refractivity contribution in [3.63, 3.8) is 0 Å². The van der Waals surface area contributed by atoms with Crippen molar-refractivity contribution in [2.45, 2.75) is 20.3 Å². The van der Waals surface area contributed by atoms with Gasteiger partial charge in [-0.3, -0.25) is 4.79 Å². The Bertz CT molecular complexity index is 695. The summed E-state index contributed by atoms with van der Waals surface area (Å²) < 4.78 is 11.2. The lowest BCUT2D eigenvalue weighted by atomic mass is 10.2. The molecule has 1 amide bonds. The molecule has 0 aliphatic rings. The highest BCUT2D eigenvalue weighted by atomic mass is 16.5. The predicted octanol–water partition coefficient (Wildman–Crippen LogP) is 4.53. The number of hydrogen-bond donors (Lipinski definition) is 1. The molecular formula is C20H23NO3. The first kappa shape index (κ1) is 17.6. The van der Waals surface area contributed by atoms with Crippen LogP contribution in [-0.4, -0.2) is 19.1 Å². The summed E-state index contributed by atoms with van der Waals surface area (Å²) in [5.74, 6) is 1.22. The van der Waals surface area contributed by atoms with Gasteiger partial charge in [0.2, 0.25) is 5.91 Å². The third-order valence-electron chi connectivity index (χ3n) is 3.24. The first-order valence-electron chi connectivity index (χ1n) is 8.17. The normalized spacial score (nSPS) is 10.6. The number of rotatable bonds is 8. The molecule has 2 aromatic rings. The number of carbonyl (C=O) groups excluding carboxylic acids is 1. The van der Waals surface area contributed by atoms with Crippen molar-refractivity contribution < 1.29 is 14.3 Å². The van der Waals surface area contributed by atoms with E-state index in [9.17, 15) is 4.79 Å². The van der Waals surface area contributed by atoms with Crippen LogP contribution in [0.2, 0.25) is 0 Å². The van der Waals surface area contributed by atoms with Gasteiger partial charge >= 0.3 is 0 Å². The zero-order valence-electron chi connectivity index (χ0n) is 14.1. The zero-order chi connectivity index (χ0) is 17.2. The van der Waals surface area contributed by atoms with Crippen LogP contribution in [0.3, 0.4) is 0 Å². The minimum Gasteiger partial charge on any atom is -0.493 e. The van der Waals surface area contributed by atoms with E-state index in [1.54, 1.807) is 6.08 Å². The summed E-state index contributed by atoms with van der Waals surface area (Å²) in [4.78, 5) is 12.2. The van der Waals surface area contributed by atoms with Crippen molar-refractivity contribution in [2.75, 3.05) is 18.5 Å². The second kappa shape index (κ2) is 9.40. The third-order valence-corrected chi connectivity index (χ3v) is 3.24. The quantitative estimate of drug-likeness (QED) is 0.726. The average molecular weight is 325 g/mol. The summed E-state index contributed by atoms with van der Waals surface area (Å²) in [6, 6.07) is 15.0. The summed E-state index contributed by atoms with van der Waals surface area (Å²) in [6.45, 7) is 5.16. The molecule has 24 heavy (non-hydrogen) atoms. The second-order valence-electron chi connectivity index (χ2n) is 5.14. The molecular weight excluding hydrogens is 302 g/mol. The van der Waals surface area contributed by atoms with Gasteiger partial charge in [0.25, 0.3) is 0 Å². The highest BCUT2D eigenvalue weighted by Gasteiger charge is 2.05. The van der Waals surface area contributed by atoms with Crippen molar-refractivity contribution in [3.8, 4) is 11.5 Å². The average Bonchev–Trinajstić information content (AvgIpc) is 2.61. The highest BCUT2D eigenvalue weighted by molar-refractivity contribution is 6.02. The lowest BCUT2D eigenvalue weighted by Crippen LogP contribution is -2.09. The first-order valence-corrected chi connectivity index (χ1v) is 8.17. The number of nitrogens with one attached hydrogen (secondary N) is 1. The molecule has 0 bridgehead atoms. The van der Waals surface area contributed by atoms with Gasteiger partial charge in [-0.2, -0.15) is 0 Å². The van der Waals surface area contributed by atoms with Crippen LogP contribution in [0, 0.1) is 0 Å². The Balaban J connectivity index is 2.06. The van der Waals surface area contributed by atoms with E-state index in [-0.39, 0.29) is 5.91 Å². The maximum Gasteiger partial charge on any atom is 0.248 e. The summed E-state index contributed by atoms with van der Waals surface area (Å²) in [5.41, 5.74) is 1.53. The summed E-state index contributed by atoms with van der Waals surface area (Å²) in [7, 11) is 0. The zero-order valence-corrected chi connectivity index (χ0v) is 14.1. The van der Waals surface area contributed by atoms with Crippen molar-refractivity contribution in [1.29, 1.82) is 0 Å². The van der Waals surface area contributed by atoms with Gasteiger partial charge in [-0.25, -0.2) is 0 Å². The molecule has 0 aliphatic carbocycles. The molecule has 0 atom stereocenters. The van der Waals surface area contributed by atoms with Gasteiger partial charge in [-0.15, -0.1) is 0 Å². The molecule has 0 saturated heterocycles. The van der Waals surface area contributed by atoms with E-state index >= 15 is 0 Å². The molecule has 0 heterocycles. The molecule has 126 valence electrons. The van der Waals surface area contributed by atoms with E-state index < -0.39 is 0 Å². The Morgan fingerprint density at radius 1 is 1.00 bits per heavy atom. The van der Waals surface area contributed by atoms with Crippen molar-refractivity contribution >= 4 is 17.7 Å². The van der Waals surface area contributed by atoms with Gasteiger partial charge in [-0.05, 0) is 37.6 Å². The van der Waals surface area contributed by atoms with E-state index in [0.717, 1.165) is 17.7 Å². The van der Waals surface area contributed by atoms with Gasteiger partial charge in [0.1, 0.15) is 11.5 Å². The monoisotopic (exact) mass is 325 g/mol. The first-order chi connectivity index (χ1) is 11.7. The Morgan fingerprint density at radius 3 is 2.46 bits per heavy atom. The standard InChI is InChI=1S/C20H23NO3/c1-3-15-24-18-11-7-5-9-16(18)13-14-20(22)21-17-10-6-8-12-19(17)23-4-2/h5-14H,3-4,15H2,1-2H3,(H,21,22)/b14-13+. The molecule has 0 fully saturated rings.